The van der Waals surface area contributed by atoms with Gasteiger partial charge in [0.1, 0.15) is 10.5 Å². The molecule has 2 rings (SSSR count). The van der Waals surface area contributed by atoms with E-state index in [0.717, 1.165) is 31.9 Å². The van der Waals surface area contributed by atoms with Crippen molar-refractivity contribution >= 4 is 12.2 Å². The molecule has 0 bridgehead atoms. The second-order valence-electron chi connectivity index (χ2n) is 6.93. The number of hydrogen-bond acceptors (Lipinski definition) is 4. The van der Waals surface area contributed by atoms with E-state index in [4.69, 9.17) is 12.2 Å². The number of nitrogens with one attached hydrogen (secondary N) is 1. The minimum absolute atomic E-state index is 0.0699. The molecule has 1 saturated heterocycles. The predicted molar refractivity (Wildman–Crippen MR) is 85.7 cm³/mol. The number of aromatic amines is 1. The number of aromatic nitrogens is 2. The van der Waals surface area contributed by atoms with E-state index in [1.165, 1.54) is 5.69 Å². The molecule has 112 valence electrons. The van der Waals surface area contributed by atoms with Crippen LogP contribution in [0.15, 0.2) is 6.07 Å². The van der Waals surface area contributed by atoms with E-state index in [1.807, 2.05) is 6.07 Å². The van der Waals surface area contributed by atoms with Gasteiger partial charge < -0.3 is 14.8 Å². The summed E-state index contributed by atoms with van der Waals surface area (Å²) in [4.78, 5) is 12.8. The van der Waals surface area contributed by atoms with Gasteiger partial charge in [0.25, 0.3) is 0 Å². The lowest BCUT2D eigenvalue weighted by Gasteiger charge is -2.37. The van der Waals surface area contributed by atoms with Crippen LogP contribution in [0.4, 0.5) is 0 Å². The Morgan fingerprint density at radius 3 is 2.70 bits per heavy atom. The molecule has 20 heavy (non-hydrogen) atoms. The van der Waals surface area contributed by atoms with Crippen LogP contribution in [0.3, 0.4) is 0 Å². The Hall–Kier alpha value is -0.780. The van der Waals surface area contributed by atoms with Gasteiger partial charge in [0.05, 0.1) is 0 Å². The Labute approximate surface area is 127 Å². The molecule has 1 aromatic rings. The van der Waals surface area contributed by atoms with Crippen LogP contribution in [0.5, 0.6) is 0 Å². The van der Waals surface area contributed by atoms with E-state index in [0.29, 0.717) is 10.7 Å². The maximum atomic E-state index is 5.32. The van der Waals surface area contributed by atoms with Crippen LogP contribution in [0, 0.1) is 4.64 Å². The van der Waals surface area contributed by atoms with Gasteiger partial charge in [0.15, 0.2) is 0 Å². The van der Waals surface area contributed by atoms with E-state index in [9.17, 15) is 0 Å². The van der Waals surface area contributed by atoms with Gasteiger partial charge >= 0.3 is 0 Å². The molecule has 2 heterocycles. The SMILES string of the molecule is CN1CCN(C)C(Cc2nc(=S)cc(C(C)(C)C)[nH]2)C1. The van der Waals surface area contributed by atoms with Crippen molar-refractivity contribution < 1.29 is 0 Å². The summed E-state index contributed by atoms with van der Waals surface area (Å²) in [6.07, 6.45) is 0.925. The minimum Gasteiger partial charge on any atom is -0.347 e. The van der Waals surface area contributed by atoms with Crippen molar-refractivity contribution in [2.24, 2.45) is 0 Å². The monoisotopic (exact) mass is 294 g/mol. The van der Waals surface area contributed by atoms with Crippen molar-refractivity contribution in [3.8, 4) is 0 Å². The van der Waals surface area contributed by atoms with Crippen molar-refractivity contribution in [1.29, 1.82) is 0 Å². The third kappa shape index (κ3) is 3.87. The maximum absolute atomic E-state index is 5.32. The zero-order valence-electron chi connectivity index (χ0n) is 13.2. The second-order valence-corrected chi connectivity index (χ2v) is 7.35. The highest BCUT2D eigenvalue weighted by Crippen LogP contribution is 2.20. The molecule has 0 amide bonds. The average Bonchev–Trinajstić information content (AvgIpc) is 2.32. The average molecular weight is 294 g/mol. The smallest absolute Gasteiger partial charge is 0.130 e. The minimum atomic E-state index is 0.0699. The number of H-pyrrole nitrogens is 1. The third-order valence-electron chi connectivity index (χ3n) is 4.01. The van der Waals surface area contributed by atoms with E-state index in [2.05, 4.69) is 54.6 Å². The lowest BCUT2D eigenvalue weighted by atomic mass is 9.92. The third-order valence-corrected chi connectivity index (χ3v) is 4.22. The highest BCUT2D eigenvalue weighted by molar-refractivity contribution is 7.71. The molecule has 1 fully saturated rings. The zero-order valence-corrected chi connectivity index (χ0v) is 14.0. The summed E-state index contributed by atoms with van der Waals surface area (Å²) >= 11 is 5.32. The maximum Gasteiger partial charge on any atom is 0.130 e. The van der Waals surface area contributed by atoms with E-state index < -0.39 is 0 Å². The normalized spacial score (nSPS) is 22.1. The molecule has 0 aromatic carbocycles. The first-order valence-corrected chi connectivity index (χ1v) is 7.66. The van der Waals surface area contributed by atoms with Crippen molar-refractivity contribution in [1.82, 2.24) is 19.8 Å². The van der Waals surface area contributed by atoms with Crippen LogP contribution < -0.4 is 0 Å². The lowest BCUT2D eigenvalue weighted by molar-refractivity contribution is 0.113. The fraction of sp³-hybridized carbons (Fsp3) is 0.733. The van der Waals surface area contributed by atoms with Gasteiger partial charge in [-0.3, -0.25) is 0 Å². The first-order valence-electron chi connectivity index (χ1n) is 7.25. The van der Waals surface area contributed by atoms with Crippen molar-refractivity contribution in [2.75, 3.05) is 33.7 Å². The summed E-state index contributed by atoms with van der Waals surface area (Å²) in [5, 5.41) is 0. The van der Waals surface area contributed by atoms with Crippen LogP contribution in [-0.2, 0) is 11.8 Å². The Bertz CT molecular complexity index is 517. The van der Waals surface area contributed by atoms with Crippen LogP contribution >= 0.6 is 12.2 Å². The topological polar surface area (TPSA) is 35.2 Å². The molecule has 0 radical (unpaired) electrons. The van der Waals surface area contributed by atoms with Gasteiger partial charge in [-0.05, 0) is 20.2 Å². The second kappa shape index (κ2) is 5.92. The molecule has 1 aliphatic heterocycles. The van der Waals surface area contributed by atoms with Crippen molar-refractivity contribution in [3.63, 3.8) is 0 Å². The molecule has 1 atom stereocenters. The molecular formula is C15H26N4S. The Morgan fingerprint density at radius 2 is 2.05 bits per heavy atom. The van der Waals surface area contributed by atoms with Crippen LogP contribution in [0.2, 0.25) is 0 Å². The first-order chi connectivity index (χ1) is 9.25. The highest BCUT2D eigenvalue weighted by atomic mass is 32.1. The molecule has 1 aliphatic rings. The fourth-order valence-electron chi connectivity index (χ4n) is 2.55. The Morgan fingerprint density at radius 1 is 1.35 bits per heavy atom. The molecule has 1 aromatic heterocycles. The van der Waals surface area contributed by atoms with E-state index >= 15 is 0 Å². The number of hydrogen-bond donors (Lipinski definition) is 1. The molecule has 0 aliphatic carbocycles. The number of rotatable bonds is 2. The number of likely N-dealkylation sites (N-methyl/N-ethyl adjacent to an activating group) is 2. The van der Waals surface area contributed by atoms with Gasteiger partial charge in [-0.25, -0.2) is 4.98 Å². The van der Waals surface area contributed by atoms with E-state index in [-0.39, 0.29) is 5.41 Å². The van der Waals surface area contributed by atoms with Gasteiger partial charge in [-0.2, -0.15) is 0 Å². The standard InChI is InChI=1S/C15H26N4S/c1-15(2,3)12-9-14(20)17-13(16-12)8-11-10-18(4)6-7-19(11)5/h9,11H,6-8,10H2,1-5H3,(H,16,17,20). The largest absolute Gasteiger partial charge is 0.347 e. The molecular weight excluding hydrogens is 268 g/mol. The van der Waals surface area contributed by atoms with Gasteiger partial charge in [-0.15, -0.1) is 0 Å². The molecule has 1 N–H and O–H groups in total. The summed E-state index contributed by atoms with van der Waals surface area (Å²) in [7, 11) is 4.38. The lowest BCUT2D eigenvalue weighted by Crippen LogP contribution is -2.51. The quantitative estimate of drug-likeness (QED) is 0.848. The number of nitrogens with zero attached hydrogens (tertiary/aromatic N) is 3. The summed E-state index contributed by atoms with van der Waals surface area (Å²) in [6.45, 7) is 9.91. The van der Waals surface area contributed by atoms with E-state index in [1.54, 1.807) is 0 Å². The summed E-state index contributed by atoms with van der Waals surface area (Å²) in [5.74, 6) is 1.01. The highest BCUT2D eigenvalue weighted by Gasteiger charge is 2.24. The number of piperazine rings is 1. The first kappa shape index (κ1) is 15.6. The Balaban J connectivity index is 2.21. The summed E-state index contributed by atoms with van der Waals surface area (Å²) in [6, 6.07) is 2.48. The van der Waals surface area contributed by atoms with Gasteiger partial charge in [0.2, 0.25) is 0 Å². The van der Waals surface area contributed by atoms with Crippen LogP contribution in [0.25, 0.3) is 0 Å². The summed E-state index contributed by atoms with van der Waals surface area (Å²) < 4.78 is 0.690. The molecule has 4 nitrogen and oxygen atoms in total. The summed E-state index contributed by atoms with van der Waals surface area (Å²) in [5.41, 5.74) is 1.24. The van der Waals surface area contributed by atoms with Crippen molar-refractivity contribution in [3.05, 3.63) is 22.2 Å². The fourth-order valence-corrected chi connectivity index (χ4v) is 2.78. The zero-order chi connectivity index (χ0) is 14.9. The van der Waals surface area contributed by atoms with Crippen LogP contribution in [-0.4, -0.2) is 59.5 Å². The van der Waals surface area contributed by atoms with Gasteiger partial charge in [0, 0.05) is 43.2 Å². The Kier molecular flexibility index (Phi) is 4.62. The van der Waals surface area contributed by atoms with Crippen LogP contribution in [0.1, 0.15) is 32.3 Å². The molecule has 5 heteroatoms. The molecule has 1 unspecified atom stereocenters. The van der Waals surface area contributed by atoms with Crippen molar-refractivity contribution in [2.45, 2.75) is 38.6 Å². The predicted octanol–water partition coefficient (Wildman–Crippen LogP) is 2.22. The molecule has 0 spiro atoms. The molecule has 0 saturated carbocycles. The van der Waals surface area contributed by atoms with Gasteiger partial charge in [-0.1, -0.05) is 33.0 Å².